The van der Waals surface area contributed by atoms with Crippen LogP contribution in [0.1, 0.15) is 35.2 Å². The average Bonchev–Trinajstić information content (AvgIpc) is 2.91. The molecule has 2 amide bonds. The second kappa shape index (κ2) is 7.50. The van der Waals surface area contributed by atoms with Crippen LogP contribution >= 0.6 is 0 Å². The van der Waals surface area contributed by atoms with Gasteiger partial charge in [-0.1, -0.05) is 0 Å². The van der Waals surface area contributed by atoms with Crippen molar-refractivity contribution in [1.29, 1.82) is 0 Å². The average molecular weight is 367 g/mol. The van der Waals surface area contributed by atoms with Crippen molar-refractivity contribution in [2.45, 2.75) is 38.8 Å². The number of pyridine rings is 1. The summed E-state index contributed by atoms with van der Waals surface area (Å²) in [6.07, 6.45) is 9.53. The van der Waals surface area contributed by atoms with Gasteiger partial charge in [-0.05, 0) is 43.4 Å². The molecule has 0 aliphatic carbocycles. The van der Waals surface area contributed by atoms with Crippen LogP contribution in [0.3, 0.4) is 0 Å². The fraction of sp³-hybridized carbons (Fsp3) is 0.500. The van der Waals surface area contributed by atoms with Crippen LogP contribution in [-0.4, -0.2) is 62.1 Å². The van der Waals surface area contributed by atoms with Gasteiger partial charge in [-0.2, -0.15) is 5.10 Å². The lowest BCUT2D eigenvalue weighted by molar-refractivity contribution is -0.135. The summed E-state index contributed by atoms with van der Waals surface area (Å²) in [5, 5.41) is 4.26. The minimum absolute atomic E-state index is 0.0151. The fourth-order valence-corrected chi connectivity index (χ4v) is 4.17. The topological polar surface area (TPSA) is 71.3 Å². The first kappa shape index (κ1) is 17.7. The lowest BCUT2D eigenvalue weighted by atomic mass is 9.94. The van der Waals surface area contributed by atoms with Gasteiger partial charge in [-0.25, -0.2) is 0 Å². The maximum atomic E-state index is 12.8. The second-order valence-electron chi connectivity index (χ2n) is 7.63. The Bertz CT molecular complexity index is 819. The van der Waals surface area contributed by atoms with Gasteiger partial charge in [0.05, 0.1) is 11.8 Å². The molecule has 2 aromatic heterocycles. The smallest absolute Gasteiger partial charge is 0.255 e. The van der Waals surface area contributed by atoms with Crippen LogP contribution in [0, 0.1) is 12.8 Å². The van der Waals surface area contributed by atoms with Crippen LogP contribution in [0.4, 0.5) is 0 Å². The largest absolute Gasteiger partial charge is 0.338 e. The van der Waals surface area contributed by atoms with E-state index in [2.05, 4.69) is 10.1 Å². The molecular formula is C20H25N5O2. The van der Waals surface area contributed by atoms with Crippen LogP contribution in [0.15, 0.2) is 36.9 Å². The van der Waals surface area contributed by atoms with Gasteiger partial charge in [0.2, 0.25) is 5.91 Å². The van der Waals surface area contributed by atoms with E-state index < -0.39 is 0 Å². The summed E-state index contributed by atoms with van der Waals surface area (Å²) < 4.78 is 1.82. The lowest BCUT2D eigenvalue weighted by Crippen LogP contribution is -2.47. The van der Waals surface area contributed by atoms with Crippen LogP contribution in [-0.2, 0) is 11.3 Å². The van der Waals surface area contributed by atoms with Crippen molar-refractivity contribution in [3.8, 4) is 0 Å². The molecule has 5 heterocycles. The molecule has 2 atom stereocenters. The molecule has 27 heavy (non-hydrogen) atoms. The van der Waals surface area contributed by atoms with Gasteiger partial charge in [-0.3, -0.25) is 19.3 Å². The van der Waals surface area contributed by atoms with Crippen molar-refractivity contribution in [1.82, 2.24) is 24.6 Å². The van der Waals surface area contributed by atoms with Crippen LogP contribution in [0.5, 0.6) is 0 Å². The van der Waals surface area contributed by atoms with E-state index >= 15 is 0 Å². The first-order chi connectivity index (χ1) is 13.1. The molecule has 0 spiro atoms. The van der Waals surface area contributed by atoms with Crippen molar-refractivity contribution in [3.05, 3.63) is 48.0 Å². The number of rotatable bonds is 4. The van der Waals surface area contributed by atoms with Crippen LogP contribution in [0.2, 0.25) is 0 Å². The van der Waals surface area contributed by atoms with E-state index in [1.54, 1.807) is 30.7 Å². The first-order valence-corrected chi connectivity index (χ1v) is 9.58. The number of aromatic nitrogens is 3. The highest BCUT2D eigenvalue weighted by Gasteiger charge is 2.38. The van der Waals surface area contributed by atoms with Gasteiger partial charge >= 0.3 is 0 Å². The first-order valence-electron chi connectivity index (χ1n) is 9.58. The molecule has 142 valence electrons. The number of aryl methyl sites for hydroxylation is 2. The van der Waals surface area contributed by atoms with Crippen molar-refractivity contribution < 1.29 is 9.59 Å². The number of carbonyl (C=O) groups excluding carboxylic acids is 2. The monoisotopic (exact) mass is 367 g/mol. The Morgan fingerprint density at radius 3 is 2.81 bits per heavy atom. The van der Waals surface area contributed by atoms with Crippen molar-refractivity contribution in [3.63, 3.8) is 0 Å². The summed E-state index contributed by atoms with van der Waals surface area (Å²) in [6.45, 7) is 4.66. The van der Waals surface area contributed by atoms with Crippen LogP contribution < -0.4 is 0 Å². The SMILES string of the molecule is Cc1cnn(CCC(=O)N2CC3CCC2CN(C(=O)c2cccnc2)C3)c1. The third kappa shape index (κ3) is 3.86. The molecule has 0 N–H and O–H groups in total. The van der Waals surface area contributed by atoms with E-state index in [0.717, 1.165) is 24.9 Å². The van der Waals surface area contributed by atoms with Gasteiger partial charge in [0.1, 0.15) is 0 Å². The Balaban J connectivity index is 1.42. The minimum Gasteiger partial charge on any atom is -0.338 e. The Kier molecular flexibility index (Phi) is 4.92. The van der Waals surface area contributed by atoms with E-state index in [-0.39, 0.29) is 17.9 Å². The summed E-state index contributed by atoms with van der Waals surface area (Å²) in [5.41, 5.74) is 1.71. The summed E-state index contributed by atoms with van der Waals surface area (Å²) in [7, 11) is 0. The molecule has 5 rings (SSSR count). The van der Waals surface area contributed by atoms with E-state index in [4.69, 9.17) is 0 Å². The third-order valence-corrected chi connectivity index (χ3v) is 5.55. The Labute approximate surface area is 159 Å². The molecular weight excluding hydrogens is 342 g/mol. The van der Waals surface area contributed by atoms with Gasteiger partial charge in [0.15, 0.2) is 0 Å². The zero-order chi connectivity index (χ0) is 18.8. The predicted molar refractivity (Wildman–Crippen MR) is 99.9 cm³/mol. The molecule has 7 heteroatoms. The number of piperidine rings is 1. The maximum Gasteiger partial charge on any atom is 0.255 e. The fourth-order valence-electron chi connectivity index (χ4n) is 4.17. The molecule has 3 fully saturated rings. The number of amides is 2. The Hall–Kier alpha value is -2.70. The van der Waals surface area contributed by atoms with Crippen molar-refractivity contribution >= 4 is 11.8 Å². The highest BCUT2D eigenvalue weighted by molar-refractivity contribution is 5.94. The summed E-state index contributed by atoms with van der Waals surface area (Å²) >= 11 is 0. The standard InChI is InChI=1S/C20H25N5O2/c1-15-9-22-24(11-15)8-6-19(26)25-13-16-4-5-18(25)14-23(12-16)20(27)17-3-2-7-21-10-17/h2-3,7,9-11,16,18H,4-6,8,12-14H2,1H3. The summed E-state index contributed by atoms with van der Waals surface area (Å²) in [4.78, 5) is 33.6. The molecule has 0 aromatic carbocycles. The highest BCUT2D eigenvalue weighted by Crippen LogP contribution is 2.29. The van der Waals surface area contributed by atoms with E-state index in [9.17, 15) is 9.59 Å². The predicted octanol–water partition coefficient (Wildman–Crippen LogP) is 1.74. The molecule has 0 radical (unpaired) electrons. The zero-order valence-corrected chi connectivity index (χ0v) is 15.6. The number of carbonyl (C=O) groups is 2. The van der Waals surface area contributed by atoms with Gasteiger partial charge in [0, 0.05) is 57.2 Å². The minimum atomic E-state index is 0.0151. The van der Waals surface area contributed by atoms with E-state index in [1.165, 1.54) is 0 Å². The van der Waals surface area contributed by atoms with Gasteiger partial charge < -0.3 is 9.80 Å². The normalized spacial score (nSPS) is 22.0. The quantitative estimate of drug-likeness (QED) is 0.825. The van der Waals surface area contributed by atoms with Crippen molar-refractivity contribution in [2.75, 3.05) is 19.6 Å². The Morgan fingerprint density at radius 1 is 1.19 bits per heavy atom. The zero-order valence-electron chi connectivity index (χ0n) is 15.6. The summed E-state index contributed by atoms with van der Waals surface area (Å²) in [6, 6.07) is 3.69. The van der Waals surface area contributed by atoms with E-state index in [1.807, 2.05) is 27.6 Å². The molecule has 2 aromatic rings. The molecule has 2 bridgehead atoms. The maximum absolute atomic E-state index is 12.8. The Morgan fingerprint density at radius 2 is 2.07 bits per heavy atom. The molecule has 7 nitrogen and oxygen atoms in total. The third-order valence-electron chi connectivity index (χ3n) is 5.55. The molecule has 3 saturated heterocycles. The van der Waals surface area contributed by atoms with Crippen molar-refractivity contribution in [2.24, 2.45) is 5.92 Å². The van der Waals surface area contributed by atoms with E-state index in [0.29, 0.717) is 37.5 Å². The lowest BCUT2D eigenvalue weighted by Gasteiger charge is -2.36. The second-order valence-corrected chi connectivity index (χ2v) is 7.63. The summed E-state index contributed by atoms with van der Waals surface area (Å²) in [5.74, 6) is 0.523. The van der Waals surface area contributed by atoms with Gasteiger partial charge in [0.25, 0.3) is 5.91 Å². The number of hydrogen-bond donors (Lipinski definition) is 0. The van der Waals surface area contributed by atoms with Crippen LogP contribution in [0.25, 0.3) is 0 Å². The highest BCUT2D eigenvalue weighted by atomic mass is 16.2. The molecule has 3 aliphatic rings. The molecule has 2 unspecified atom stereocenters. The number of hydrogen-bond acceptors (Lipinski definition) is 4. The molecule has 0 saturated carbocycles. The number of fused-ring (bicyclic) bond motifs is 4. The molecule has 3 aliphatic heterocycles. The number of nitrogens with zero attached hydrogens (tertiary/aromatic N) is 5. The van der Waals surface area contributed by atoms with Gasteiger partial charge in [-0.15, -0.1) is 0 Å².